The molecule has 0 unspecified atom stereocenters. The third kappa shape index (κ3) is 2.45. The van der Waals surface area contributed by atoms with Crippen LogP contribution in [0.2, 0.25) is 0 Å². The maximum absolute atomic E-state index is 12.2. The van der Waals surface area contributed by atoms with Gasteiger partial charge in [-0.05, 0) is 24.6 Å². The smallest absolute Gasteiger partial charge is 0.308 e. The van der Waals surface area contributed by atoms with Gasteiger partial charge in [-0.25, -0.2) is 0 Å². The Morgan fingerprint density at radius 3 is 2.83 bits per heavy atom. The molecule has 5 nitrogen and oxygen atoms in total. The summed E-state index contributed by atoms with van der Waals surface area (Å²) in [6.07, 6.45) is 0.519. The van der Waals surface area contributed by atoms with Crippen molar-refractivity contribution in [3.8, 4) is 5.75 Å². The lowest BCUT2D eigenvalue weighted by Gasteiger charge is -2.16. The molecule has 1 aliphatic heterocycles. The molecule has 1 saturated heterocycles. The van der Waals surface area contributed by atoms with Crippen LogP contribution in [0.5, 0.6) is 5.75 Å². The van der Waals surface area contributed by atoms with Crippen molar-refractivity contribution in [3.63, 3.8) is 0 Å². The lowest BCUT2D eigenvalue weighted by molar-refractivity contribution is -0.141. The highest BCUT2D eigenvalue weighted by molar-refractivity contribution is 5.95. The van der Waals surface area contributed by atoms with Crippen molar-refractivity contribution in [1.29, 1.82) is 0 Å². The van der Waals surface area contributed by atoms with Gasteiger partial charge in [0, 0.05) is 18.7 Å². The first kappa shape index (κ1) is 12.4. The summed E-state index contributed by atoms with van der Waals surface area (Å²) in [7, 11) is 1.54. The molecule has 1 atom stereocenters. The van der Waals surface area contributed by atoms with Crippen LogP contribution < -0.4 is 4.74 Å². The molecule has 1 fully saturated rings. The topological polar surface area (TPSA) is 66.8 Å². The summed E-state index contributed by atoms with van der Waals surface area (Å²) in [5, 5.41) is 8.91. The molecule has 1 aliphatic rings. The number of aliphatic carboxylic acids is 1. The number of carboxylic acid groups (broad SMARTS) is 1. The number of amides is 1. The van der Waals surface area contributed by atoms with Gasteiger partial charge < -0.3 is 14.7 Å². The fraction of sp³-hybridized carbons (Fsp3) is 0.385. The van der Waals surface area contributed by atoms with Crippen molar-refractivity contribution in [2.75, 3.05) is 20.2 Å². The zero-order valence-electron chi connectivity index (χ0n) is 10.1. The molecule has 0 saturated carbocycles. The quantitative estimate of drug-likeness (QED) is 0.875. The van der Waals surface area contributed by atoms with E-state index in [4.69, 9.17) is 9.84 Å². The molecule has 2 rings (SSSR count). The maximum Gasteiger partial charge on any atom is 0.308 e. The van der Waals surface area contributed by atoms with Crippen LogP contribution in [-0.4, -0.2) is 42.1 Å². The highest BCUT2D eigenvalue weighted by Gasteiger charge is 2.31. The Bertz CT molecular complexity index is 472. The standard InChI is InChI=1S/C13H15NO4/c1-18-11-4-2-3-9(7-11)12(15)14-6-5-10(8-14)13(16)17/h2-4,7,10H,5-6,8H2,1H3,(H,16,17)/t10-/m1/s1. The molecule has 0 aliphatic carbocycles. The van der Waals surface area contributed by atoms with Crippen LogP contribution in [-0.2, 0) is 4.79 Å². The molecule has 1 amide bonds. The second kappa shape index (κ2) is 5.08. The fourth-order valence-electron chi connectivity index (χ4n) is 2.08. The number of hydrogen-bond donors (Lipinski definition) is 1. The van der Waals surface area contributed by atoms with Crippen LogP contribution in [0, 0.1) is 5.92 Å². The summed E-state index contributed by atoms with van der Waals surface area (Å²) in [6, 6.07) is 6.88. The molecule has 0 spiro atoms. The van der Waals surface area contributed by atoms with E-state index in [1.807, 2.05) is 0 Å². The van der Waals surface area contributed by atoms with Gasteiger partial charge in [0.2, 0.25) is 0 Å². The number of carbonyl (C=O) groups is 2. The molecule has 0 radical (unpaired) electrons. The Morgan fingerprint density at radius 2 is 2.22 bits per heavy atom. The normalized spacial score (nSPS) is 18.7. The van der Waals surface area contributed by atoms with Crippen LogP contribution in [0.1, 0.15) is 16.8 Å². The highest BCUT2D eigenvalue weighted by Crippen LogP contribution is 2.20. The summed E-state index contributed by atoms with van der Waals surface area (Å²) in [6.45, 7) is 0.776. The second-order valence-electron chi connectivity index (χ2n) is 4.31. The SMILES string of the molecule is COc1cccc(C(=O)N2CC[C@@H](C(=O)O)C2)c1. The van der Waals surface area contributed by atoms with Crippen LogP contribution in [0.25, 0.3) is 0 Å². The number of benzene rings is 1. The first-order valence-electron chi connectivity index (χ1n) is 5.78. The van der Waals surface area contributed by atoms with Gasteiger partial charge in [0.05, 0.1) is 13.0 Å². The Kier molecular flexibility index (Phi) is 3.50. The molecule has 96 valence electrons. The molecule has 5 heteroatoms. The van der Waals surface area contributed by atoms with Crippen LogP contribution in [0.15, 0.2) is 24.3 Å². The van der Waals surface area contributed by atoms with Gasteiger partial charge in [-0.2, -0.15) is 0 Å². The summed E-state index contributed by atoms with van der Waals surface area (Å²) < 4.78 is 5.06. The average molecular weight is 249 g/mol. The van der Waals surface area contributed by atoms with Gasteiger partial charge in [-0.3, -0.25) is 9.59 Å². The molecular formula is C13H15NO4. The highest BCUT2D eigenvalue weighted by atomic mass is 16.5. The monoisotopic (exact) mass is 249 g/mol. The van der Waals surface area contributed by atoms with Gasteiger partial charge in [-0.15, -0.1) is 0 Å². The second-order valence-corrected chi connectivity index (χ2v) is 4.31. The number of carboxylic acids is 1. The predicted octanol–water partition coefficient (Wildman–Crippen LogP) is 1.24. The van der Waals surface area contributed by atoms with Gasteiger partial charge in [0.1, 0.15) is 5.75 Å². The number of ether oxygens (including phenoxy) is 1. The average Bonchev–Trinajstić information content (AvgIpc) is 2.87. The van der Waals surface area contributed by atoms with E-state index in [1.165, 1.54) is 0 Å². The first-order valence-corrected chi connectivity index (χ1v) is 5.78. The minimum absolute atomic E-state index is 0.141. The zero-order valence-corrected chi connectivity index (χ0v) is 10.1. The molecule has 1 aromatic carbocycles. The lowest BCUT2D eigenvalue weighted by Crippen LogP contribution is -2.29. The third-order valence-electron chi connectivity index (χ3n) is 3.14. The van der Waals surface area contributed by atoms with Crippen LogP contribution in [0.4, 0.5) is 0 Å². The van der Waals surface area contributed by atoms with E-state index in [2.05, 4.69) is 0 Å². The minimum Gasteiger partial charge on any atom is -0.497 e. The van der Waals surface area contributed by atoms with E-state index in [9.17, 15) is 9.59 Å². The van der Waals surface area contributed by atoms with Crippen molar-refractivity contribution in [1.82, 2.24) is 4.90 Å². The zero-order chi connectivity index (χ0) is 13.1. The molecule has 1 aromatic rings. The van der Waals surface area contributed by atoms with Gasteiger partial charge in [0.15, 0.2) is 0 Å². The predicted molar refractivity (Wildman–Crippen MR) is 64.6 cm³/mol. The number of methoxy groups -OCH3 is 1. The van der Waals surface area contributed by atoms with E-state index in [0.29, 0.717) is 24.3 Å². The van der Waals surface area contributed by atoms with E-state index < -0.39 is 11.9 Å². The van der Waals surface area contributed by atoms with Crippen molar-refractivity contribution in [2.45, 2.75) is 6.42 Å². The van der Waals surface area contributed by atoms with Gasteiger partial charge >= 0.3 is 5.97 Å². The fourth-order valence-corrected chi connectivity index (χ4v) is 2.08. The van der Waals surface area contributed by atoms with Gasteiger partial charge in [0.25, 0.3) is 5.91 Å². The number of carbonyl (C=O) groups excluding carboxylic acids is 1. The summed E-state index contributed by atoms with van der Waals surface area (Å²) >= 11 is 0. The molecule has 1 heterocycles. The molecular weight excluding hydrogens is 234 g/mol. The summed E-state index contributed by atoms with van der Waals surface area (Å²) in [4.78, 5) is 24.6. The van der Waals surface area contributed by atoms with Gasteiger partial charge in [-0.1, -0.05) is 6.07 Å². The lowest BCUT2D eigenvalue weighted by atomic mass is 10.1. The molecule has 18 heavy (non-hydrogen) atoms. The largest absolute Gasteiger partial charge is 0.497 e. The Morgan fingerprint density at radius 1 is 1.44 bits per heavy atom. The van der Waals surface area contributed by atoms with E-state index >= 15 is 0 Å². The summed E-state index contributed by atoms with van der Waals surface area (Å²) in [5.41, 5.74) is 0.528. The number of likely N-dealkylation sites (tertiary alicyclic amines) is 1. The van der Waals surface area contributed by atoms with Crippen molar-refractivity contribution in [2.24, 2.45) is 5.92 Å². The van der Waals surface area contributed by atoms with Crippen molar-refractivity contribution in [3.05, 3.63) is 29.8 Å². The Hall–Kier alpha value is -2.04. The number of hydrogen-bond acceptors (Lipinski definition) is 3. The van der Waals surface area contributed by atoms with E-state index in [0.717, 1.165) is 0 Å². The van der Waals surface area contributed by atoms with Crippen molar-refractivity contribution < 1.29 is 19.4 Å². The Labute approximate surface area is 105 Å². The molecule has 0 bridgehead atoms. The first-order chi connectivity index (χ1) is 8.61. The number of rotatable bonds is 3. The van der Waals surface area contributed by atoms with Crippen molar-refractivity contribution >= 4 is 11.9 Å². The maximum atomic E-state index is 12.2. The van der Waals surface area contributed by atoms with E-state index in [1.54, 1.807) is 36.3 Å². The van der Waals surface area contributed by atoms with Crippen LogP contribution in [0.3, 0.4) is 0 Å². The Balaban J connectivity index is 2.10. The molecule has 1 N–H and O–H groups in total. The third-order valence-corrected chi connectivity index (χ3v) is 3.14. The number of nitrogens with zero attached hydrogens (tertiary/aromatic N) is 1. The molecule has 0 aromatic heterocycles. The summed E-state index contributed by atoms with van der Waals surface area (Å²) in [5.74, 6) is -0.803. The van der Waals surface area contributed by atoms with E-state index in [-0.39, 0.29) is 12.5 Å². The minimum atomic E-state index is -0.837. The van der Waals surface area contributed by atoms with Crippen LogP contribution >= 0.6 is 0 Å².